The minimum Gasteiger partial charge on any atom is -0.338 e. The van der Waals surface area contributed by atoms with Gasteiger partial charge in [0.1, 0.15) is 5.82 Å². The van der Waals surface area contributed by atoms with Crippen LogP contribution in [0.15, 0.2) is 24.3 Å². The highest BCUT2D eigenvalue weighted by molar-refractivity contribution is 5.85. The van der Waals surface area contributed by atoms with E-state index in [0.717, 1.165) is 24.9 Å². The molecule has 1 aromatic rings. The van der Waals surface area contributed by atoms with E-state index in [-0.39, 0.29) is 30.2 Å². The van der Waals surface area contributed by atoms with E-state index in [1.165, 1.54) is 12.1 Å². The van der Waals surface area contributed by atoms with Crippen molar-refractivity contribution in [1.29, 1.82) is 0 Å². The first kappa shape index (κ1) is 15.9. The maximum absolute atomic E-state index is 13.1. The zero-order chi connectivity index (χ0) is 13.1. The van der Waals surface area contributed by atoms with Gasteiger partial charge in [0.25, 0.3) is 0 Å². The zero-order valence-corrected chi connectivity index (χ0v) is 11.8. The lowest BCUT2D eigenvalue weighted by molar-refractivity contribution is -0.132. The van der Waals surface area contributed by atoms with Crippen molar-refractivity contribution in [1.82, 2.24) is 4.90 Å². The van der Waals surface area contributed by atoms with Gasteiger partial charge in [0.05, 0.1) is 6.04 Å². The summed E-state index contributed by atoms with van der Waals surface area (Å²) >= 11 is 0. The second kappa shape index (κ2) is 6.87. The van der Waals surface area contributed by atoms with Gasteiger partial charge < -0.3 is 10.6 Å². The molecule has 2 atom stereocenters. The van der Waals surface area contributed by atoms with Crippen molar-refractivity contribution in [2.75, 3.05) is 6.54 Å². The molecule has 0 spiro atoms. The van der Waals surface area contributed by atoms with Crippen LogP contribution in [0.2, 0.25) is 0 Å². The van der Waals surface area contributed by atoms with Crippen LogP contribution in [0.4, 0.5) is 4.39 Å². The van der Waals surface area contributed by atoms with Gasteiger partial charge in [0, 0.05) is 12.6 Å². The van der Waals surface area contributed by atoms with Gasteiger partial charge >= 0.3 is 0 Å². The van der Waals surface area contributed by atoms with Crippen LogP contribution >= 0.6 is 12.4 Å². The number of hydrogen-bond donors (Lipinski definition) is 1. The van der Waals surface area contributed by atoms with E-state index in [1.54, 1.807) is 13.0 Å². The summed E-state index contributed by atoms with van der Waals surface area (Å²) in [6.45, 7) is 2.47. The minimum absolute atomic E-state index is 0. The predicted molar refractivity (Wildman–Crippen MR) is 75.7 cm³/mol. The van der Waals surface area contributed by atoms with Gasteiger partial charge in [-0.3, -0.25) is 4.79 Å². The van der Waals surface area contributed by atoms with E-state index in [9.17, 15) is 9.18 Å². The first-order chi connectivity index (χ1) is 8.58. The number of rotatable bonds is 3. The normalized spacial score (nSPS) is 19.9. The second-order valence-corrected chi connectivity index (χ2v) is 4.95. The van der Waals surface area contributed by atoms with Crippen molar-refractivity contribution in [3.05, 3.63) is 35.6 Å². The number of hydrogen-bond acceptors (Lipinski definition) is 2. The third kappa shape index (κ3) is 3.91. The number of nitrogens with two attached hydrogens (primary N) is 1. The summed E-state index contributed by atoms with van der Waals surface area (Å²) in [5.41, 5.74) is 6.58. The summed E-state index contributed by atoms with van der Waals surface area (Å²) in [4.78, 5) is 13.8. The van der Waals surface area contributed by atoms with Crippen LogP contribution in [-0.4, -0.2) is 29.4 Å². The fourth-order valence-corrected chi connectivity index (χ4v) is 2.54. The molecule has 3 nitrogen and oxygen atoms in total. The lowest BCUT2D eigenvalue weighted by Crippen LogP contribution is -2.45. The molecule has 1 amide bonds. The minimum atomic E-state index is -0.460. The third-order valence-electron chi connectivity index (χ3n) is 3.41. The Morgan fingerprint density at radius 2 is 2.32 bits per heavy atom. The molecule has 19 heavy (non-hydrogen) atoms. The average molecular weight is 287 g/mol. The smallest absolute Gasteiger partial charge is 0.239 e. The van der Waals surface area contributed by atoms with Gasteiger partial charge in [0.2, 0.25) is 5.91 Å². The lowest BCUT2D eigenvalue weighted by atomic mass is 10.0. The summed E-state index contributed by atoms with van der Waals surface area (Å²) in [6.07, 6.45) is 2.67. The Bertz CT molecular complexity index is 439. The number of carbonyl (C=O) groups excluding carboxylic acids is 1. The largest absolute Gasteiger partial charge is 0.338 e. The summed E-state index contributed by atoms with van der Waals surface area (Å²) in [6, 6.07) is 6.27. The number of nitrogens with zero attached hydrogens (tertiary/aromatic N) is 1. The molecule has 1 aromatic carbocycles. The molecular formula is C14H20ClFN2O. The number of benzene rings is 1. The highest BCUT2D eigenvalue weighted by Crippen LogP contribution is 2.22. The van der Waals surface area contributed by atoms with Crippen molar-refractivity contribution < 1.29 is 9.18 Å². The second-order valence-electron chi connectivity index (χ2n) is 4.95. The maximum Gasteiger partial charge on any atom is 0.239 e. The van der Waals surface area contributed by atoms with E-state index < -0.39 is 6.04 Å². The molecule has 1 aliphatic heterocycles. The molecule has 5 heteroatoms. The van der Waals surface area contributed by atoms with Crippen LogP contribution in [-0.2, 0) is 11.2 Å². The summed E-state index contributed by atoms with van der Waals surface area (Å²) in [7, 11) is 0. The van der Waals surface area contributed by atoms with Gasteiger partial charge in [0.15, 0.2) is 0 Å². The van der Waals surface area contributed by atoms with Gasteiger partial charge in [-0.2, -0.15) is 0 Å². The van der Waals surface area contributed by atoms with Gasteiger partial charge in [-0.05, 0) is 43.9 Å². The molecule has 0 aromatic heterocycles. The van der Waals surface area contributed by atoms with Crippen molar-refractivity contribution in [2.24, 2.45) is 5.73 Å². The molecule has 106 valence electrons. The molecule has 1 heterocycles. The molecule has 1 fully saturated rings. The number of carbonyl (C=O) groups is 1. The predicted octanol–water partition coefficient (Wildman–Crippen LogP) is 2.13. The monoisotopic (exact) mass is 286 g/mol. The average Bonchev–Trinajstić information content (AvgIpc) is 2.76. The molecule has 2 N–H and O–H groups in total. The van der Waals surface area contributed by atoms with Gasteiger partial charge in [-0.15, -0.1) is 12.4 Å². The lowest BCUT2D eigenvalue weighted by Gasteiger charge is -2.26. The number of amides is 1. The van der Waals surface area contributed by atoms with Crippen LogP contribution in [0.25, 0.3) is 0 Å². The number of likely N-dealkylation sites (tertiary alicyclic amines) is 1. The Morgan fingerprint density at radius 3 is 2.95 bits per heavy atom. The fourth-order valence-electron chi connectivity index (χ4n) is 2.54. The molecule has 1 saturated heterocycles. The van der Waals surface area contributed by atoms with E-state index in [1.807, 2.05) is 11.0 Å². The van der Waals surface area contributed by atoms with Gasteiger partial charge in [-0.25, -0.2) is 4.39 Å². The third-order valence-corrected chi connectivity index (χ3v) is 3.41. The molecule has 1 aliphatic rings. The van der Waals surface area contributed by atoms with E-state index in [4.69, 9.17) is 5.73 Å². The van der Waals surface area contributed by atoms with Gasteiger partial charge in [-0.1, -0.05) is 12.1 Å². The molecule has 2 rings (SSSR count). The van der Waals surface area contributed by atoms with Crippen LogP contribution in [0.5, 0.6) is 0 Å². The molecule has 1 unspecified atom stereocenters. The van der Waals surface area contributed by atoms with Crippen LogP contribution in [0, 0.1) is 5.82 Å². The van der Waals surface area contributed by atoms with Crippen molar-refractivity contribution >= 4 is 18.3 Å². The molecule has 0 aliphatic carbocycles. The van der Waals surface area contributed by atoms with Crippen LogP contribution in [0.1, 0.15) is 25.3 Å². The maximum atomic E-state index is 13.1. The first-order valence-electron chi connectivity index (χ1n) is 6.38. The standard InChI is InChI=1S/C14H19FN2O.ClH/c1-10(16)14(18)17-7-3-6-13(17)9-11-4-2-5-12(15)8-11;/h2,4-5,8,10,13H,3,6-7,9,16H2,1H3;1H/t10-,13?;/m0./s1. The fraction of sp³-hybridized carbons (Fsp3) is 0.500. The SMILES string of the molecule is C[C@H](N)C(=O)N1CCCC1Cc1cccc(F)c1.Cl. The topological polar surface area (TPSA) is 46.3 Å². The van der Waals surface area contributed by atoms with Crippen LogP contribution in [0.3, 0.4) is 0 Å². The van der Waals surface area contributed by atoms with Crippen molar-refractivity contribution in [3.8, 4) is 0 Å². The Morgan fingerprint density at radius 1 is 1.58 bits per heavy atom. The molecule has 0 radical (unpaired) electrons. The Hall–Kier alpha value is -1.13. The zero-order valence-electron chi connectivity index (χ0n) is 11.0. The molecule has 0 bridgehead atoms. The van der Waals surface area contributed by atoms with E-state index in [0.29, 0.717) is 6.42 Å². The Labute approximate surface area is 119 Å². The molecule has 0 saturated carbocycles. The Kier molecular flexibility index (Phi) is 5.76. The number of halogens is 2. The molecular weight excluding hydrogens is 267 g/mol. The Balaban J connectivity index is 0.00000180. The summed E-state index contributed by atoms with van der Waals surface area (Å²) < 4.78 is 13.1. The highest BCUT2D eigenvalue weighted by Gasteiger charge is 2.30. The van der Waals surface area contributed by atoms with Crippen molar-refractivity contribution in [2.45, 2.75) is 38.3 Å². The van der Waals surface area contributed by atoms with E-state index in [2.05, 4.69) is 0 Å². The highest BCUT2D eigenvalue weighted by atomic mass is 35.5. The van der Waals surface area contributed by atoms with Crippen molar-refractivity contribution in [3.63, 3.8) is 0 Å². The van der Waals surface area contributed by atoms with Crippen LogP contribution < -0.4 is 5.73 Å². The van der Waals surface area contributed by atoms with E-state index >= 15 is 0 Å². The first-order valence-corrected chi connectivity index (χ1v) is 6.38. The summed E-state index contributed by atoms with van der Waals surface area (Å²) in [5, 5.41) is 0. The quantitative estimate of drug-likeness (QED) is 0.925. The summed E-state index contributed by atoms with van der Waals surface area (Å²) in [5.74, 6) is -0.232.